The van der Waals surface area contributed by atoms with Crippen LogP contribution in [0.2, 0.25) is 5.02 Å². The van der Waals surface area contributed by atoms with E-state index in [0.717, 1.165) is 6.54 Å². The summed E-state index contributed by atoms with van der Waals surface area (Å²) in [5, 5.41) is 4.50. The van der Waals surface area contributed by atoms with Crippen molar-refractivity contribution in [1.29, 1.82) is 0 Å². The SMILES string of the molecule is CC(C)Cn1cc(Cl)[c]n1. The third-order valence-electron chi connectivity index (χ3n) is 1.10. The number of nitrogens with zero attached hydrogens (tertiary/aromatic N) is 2. The molecule has 0 unspecified atom stereocenters. The Kier molecular flexibility index (Phi) is 2.33. The second-order valence-corrected chi connectivity index (χ2v) is 3.11. The van der Waals surface area contributed by atoms with Crippen LogP contribution < -0.4 is 0 Å². The molecular formula is C7H10ClN2. The van der Waals surface area contributed by atoms with Gasteiger partial charge in [-0.1, -0.05) is 25.4 Å². The van der Waals surface area contributed by atoms with Crippen LogP contribution in [0.3, 0.4) is 0 Å². The molecule has 0 atom stereocenters. The Morgan fingerprint density at radius 1 is 1.80 bits per heavy atom. The van der Waals surface area contributed by atoms with Crippen LogP contribution in [0.5, 0.6) is 0 Å². The Morgan fingerprint density at radius 2 is 2.50 bits per heavy atom. The molecule has 0 amide bonds. The van der Waals surface area contributed by atoms with Gasteiger partial charge < -0.3 is 0 Å². The van der Waals surface area contributed by atoms with E-state index >= 15 is 0 Å². The summed E-state index contributed by atoms with van der Waals surface area (Å²) in [6.45, 7) is 5.17. The molecular weight excluding hydrogens is 148 g/mol. The Labute approximate surface area is 65.8 Å². The molecule has 0 spiro atoms. The predicted molar refractivity (Wildman–Crippen MR) is 40.9 cm³/mol. The van der Waals surface area contributed by atoms with Gasteiger partial charge in [0.15, 0.2) is 0 Å². The molecule has 0 aliphatic rings. The fraction of sp³-hybridized carbons (Fsp3) is 0.571. The lowest BCUT2D eigenvalue weighted by Gasteiger charge is -2.02. The topological polar surface area (TPSA) is 17.8 Å². The normalized spacial score (nSPS) is 10.8. The summed E-state index contributed by atoms with van der Waals surface area (Å²) >= 11 is 5.60. The van der Waals surface area contributed by atoms with E-state index in [-0.39, 0.29) is 0 Å². The van der Waals surface area contributed by atoms with Gasteiger partial charge in [-0.2, -0.15) is 5.10 Å². The summed E-state index contributed by atoms with van der Waals surface area (Å²) in [6, 6.07) is 0. The third-order valence-corrected chi connectivity index (χ3v) is 1.28. The molecule has 0 aliphatic heterocycles. The van der Waals surface area contributed by atoms with Gasteiger partial charge in [-0.15, -0.1) is 0 Å². The molecule has 0 aromatic carbocycles. The Bertz CT molecular complexity index is 205. The van der Waals surface area contributed by atoms with Gasteiger partial charge in [-0.05, 0) is 5.92 Å². The van der Waals surface area contributed by atoms with E-state index < -0.39 is 0 Å². The maximum Gasteiger partial charge on any atom is 0.133 e. The van der Waals surface area contributed by atoms with Crippen LogP contribution in [0.1, 0.15) is 13.8 Å². The van der Waals surface area contributed by atoms with E-state index in [0.29, 0.717) is 10.9 Å². The molecule has 1 aromatic rings. The smallest absolute Gasteiger partial charge is 0.133 e. The first kappa shape index (κ1) is 7.61. The van der Waals surface area contributed by atoms with E-state index in [9.17, 15) is 0 Å². The zero-order valence-corrected chi connectivity index (χ0v) is 6.89. The van der Waals surface area contributed by atoms with E-state index in [2.05, 4.69) is 25.1 Å². The average molecular weight is 158 g/mol. The first-order chi connectivity index (χ1) is 4.68. The zero-order valence-electron chi connectivity index (χ0n) is 6.13. The zero-order chi connectivity index (χ0) is 7.56. The lowest BCUT2D eigenvalue weighted by atomic mass is 10.2. The lowest BCUT2D eigenvalue weighted by Crippen LogP contribution is -2.03. The van der Waals surface area contributed by atoms with Gasteiger partial charge in [0.1, 0.15) is 6.20 Å². The van der Waals surface area contributed by atoms with Gasteiger partial charge in [0.05, 0.1) is 5.02 Å². The van der Waals surface area contributed by atoms with Crippen LogP contribution in [-0.4, -0.2) is 9.78 Å². The molecule has 0 N–H and O–H groups in total. The summed E-state index contributed by atoms with van der Waals surface area (Å²) in [7, 11) is 0. The van der Waals surface area contributed by atoms with Crippen molar-refractivity contribution in [3.8, 4) is 0 Å². The van der Waals surface area contributed by atoms with E-state index in [1.165, 1.54) is 0 Å². The van der Waals surface area contributed by atoms with Crippen molar-refractivity contribution < 1.29 is 0 Å². The van der Waals surface area contributed by atoms with Crippen molar-refractivity contribution >= 4 is 11.6 Å². The highest BCUT2D eigenvalue weighted by Gasteiger charge is 1.97. The van der Waals surface area contributed by atoms with Crippen molar-refractivity contribution in [2.45, 2.75) is 20.4 Å². The summed E-state index contributed by atoms with van der Waals surface area (Å²) in [6.07, 6.45) is 4.43. The number of hydrogen-bond donors (Lipinski definition) is 0. The molecule has 0 aliphatic carbocycles. The molecule has 0 saturated heterocycles. The van der Waals surface area contributed by atoms with Gasteiger partial charge in [-0.25, -0.2) is 0 Å². The van der Waals surface area contributed by atoms with E-state index in [1.807, 2.05) is 0 Å². The van der Waals surface area contributed by atoms with Gasteiger partial charge >= 0.3 is 0 Å². The molecule has 1 aromatic heterocycles. The Morgan fingerprint density at radius 3 is 2.90 bits per heavy atom. The standard InChI is InChI=1S/C7H10ClN2/c1-6(2)4-10-5-7(8)3-9-10/h5-6H,4H2,1-2H3. The van der Waals surface area contributed by atoms with Crippen LogP contribution in [0, 0.1) is 12.1 Å². The van der Waals surface area contributed by atoms with Crippen molar-refractivity contribution in [2.75, 3.05) is 0 Å². The van der Waals surface area contributed by atoms with Crippen molar-refractivity contribution in [3.05, 3.63) is 17.4 Å². The molecule has 0 bridgehead atoms. The molecule has 1 heterocycles. The number of hydrogen-bond acceptors (Lipinski definition) is 1. The van der Waals surface area contributed by atoms with Gasteiger partial charge in [0.25, 0.3) is 0 Å². The maximum atomic E-state index is 5.60. The molecule has 0 fully saturated rings. The quantitative estimate of drug-likeness (QED) is 0.642. The van der Waals surface area contributed by atoms with Crippen LogP contribution in [0.4, 0.5) is 0 Å². The molecule has 1 radical (unpaired) electrons. The highest BCUT2D eigenvalue weighted by atomic mass is 35.5. The third kappa shape index (κ3) is 2.03. The summed E-state index contributed by atoms with van der Waals surface area (Å²) in [4.78, 5) is 0. The number of rotatable bonds is 2. The van der Waals surface area contributed by atoms with Crippen LogP contribution in [-0.2, 0) is 6.54 Å². The monoisotopic (exact) mass is 157 g/mol. The largest absolute Gasteiger partial charge is 0.270 e. The Balaban J connectivity index is 2.58. The number of aromatic nitrogens is 2. The van der Waals surface area contributed by atoms with Crippen LogP contribution in [0.25, 0.3) is 0 Å². The molecule has 0 saturated carbocycles. The highest BCUT2D eigenvalue weighted by molar-refractivity contribution is 6.30. The fourth-order valence-corrected chi connectivity index (χ4v) is 0.919. The first-order valence-corrected chi connectivity index (χ1v) is 3.67. The minimum Gasteiger partial charge on any atom is -0.270 e. The van der Waals surface area contributed by atoms with E-state index in [4.69, 9.17) is 11.6 Å². The number of halogens is 1. The van der Waals surface area contributed by atoms with Gasteiger partial charge in [0.2, 0.25) is 0 Å². The molecule has 1 rings (SSSR count). The van der Waals surface area contributed by atoms with Gasteiger partial charge in [-0.3, -0.25) is 4.68 Å². The maximum absolute atomic E-state index is 5.60. The van der Waals surface area contributed by atoms with E-state index in [1.54, 1.807) is 10.9 Å². The first-order valence-electron chi connectivity index (χ1n) is 3.29. The highest BCUT2D eigenvalue weighted by Crippen LogP contribution is 2.05. The second kappa shape index (κ2) is 3.06. The lowest BCUT2D eigenvalue weighted by molar-refractivity contribution is 0.482. The second-order valence-electron chi connectivity index (χ2n) is 2.70. The molecule has 55 valence electrons. The summed E-state index contributed by atoms with van der Waals surface area (Å²) < 4.78 is 1.80. The predicted octanol–water partition coefficient (Wildman–Crippen LogP) is 1.99. The molecule has 3 heteroatoms. The summed E-state index contributed by atoms with van der Waals surface area (Å²) in [5.41, 5.74) is 0. The molecule has 2 nitrogen and oxygen atoms in total. The average Bonchev–Trinajstić information content (AvgIpc) is 2.13. The van der Waals surface area contributed by atoms with Crippen LogP contribution in [0.15, 0.2) is 6.20 Å². The van der Waals surface area contributed by atoms with Crippen molar-refractivity contribution in [2.24, 2.45) is 5.92 Å². The minimum absolute atomic E-state index is 0.584. The molecule has 10 heavy (non-hydrogen) atoms. The minimum atomic E-state index is 0.584. The van der Waals surface area contributed by atoms with Crippen molar-refractivity contribution in [3.63, 3.8) is 0 Å². The summed E-state index contributed by atoms with van der Waals surface area (Å²) in [5.74, 6) is 0.601. The van der Waals surface area contributed by atoms with Gasteiger partial charge in [0, 0.05) is 12.7 Å². The Hall–Kier alpha value is -0.500. The van der Waals surface area contributed by atoms with Crippen LogP contribution >= 0.6 is 11.6 Å². The van der Waals surface area contributed by atoms with Crippen molar-refractivity contribution in [1.82, 2.24) is 9.78 Å². The fourth-order valence-electron chi connectivity index (χ4n) is 0.768.